The molecule has 1 aliphatic heterocycles. The van der Waals surface area contributed by atoms with Crippen LogP contribution < -0.4 is 9.64 Å². The minimum absolute atomic E-state index is 0.0651. The third kappa shape index (κ3) is 3.90. The van der Waals surface area contributed by atoms with Gasteiger partial charge in [-0.3, -0.25) is 14.5 Å². The number of methoxy groups -OCH3 is 2. The Balaban J connectivity index is 1.96. The summed E-state index contributed by atoms with van der Waals surface area (Å²) in [7, 11) is 2.58. The first kappa shape index (κ1) is 22.7. The van der Waals surface area contributed by atoms with E-state index in [9.17, 15) is 23.9 Å². The molecule has 1 saturated heterocycles. The molecule has 0 spiro atoms. The summed E-state index contributed by atoms with van der Waals surface area (Å²) in [5.74, 6) is -3.58. The summed E-state index contributed by atoms with van der Waals surface area (Å²) in [5.41, 5.74) is 0.667. The van der Waals surface area contributed by atoms with E-state index in [1.807, 2.05) is 0 Å². The average Bonchev–Trinajstić information content (AvgIpc) is 3.14. The number of hydrogen-bond acceptors (Lipinski definition) is 6. The number of hydrogen-bond donors (Lipinski definition) is 1. The fourth-order valence-corrected chi connectivity index (χ4v) is 3.96. The third-order valence-corrected chi connectivity index (χ3v) is 5.52. The van der Waals surface area contributed by atoms with Gasteiger partial charge in [0, 0.05) is 5.69 Å². The Morgan fingerprint density at radius 3 is 2.38 bits per heavy atom. The van der Waals surface area contributed by atoms with Crippen LogP contribution >= 0.6 is 0 Å². The number of Topliss-reactive ketones (excluding diaryl/α,β-unsaturated/α-hetero) is 1. The van der Waals surface area contributed by atoms with Crippen molar-refractivity contribution < 1.29 is 33.4 Å². The predicted octanol–water partition coefficient (Wildman–Crippen LogP) is 4.25. The molecular formula is C26H20FNO6. The molecule has 3 aromatic rings. The lowest BCUT2D eigenvalue weighted by Crippen LogP contribution is -2.29. The number of rotatable bonds is 5. The molecule has 0 bridgehead atoms. The second-order valence-electron chi connectivity index (χ2n) is 7.47. The molecule has 0 radical (unpaired) electrons. The molecular weight excluding hydrogens is 441 g/mol. The Bertz CT molecular complexity index is 1320. The standard InChI is InChI=1S/C26H20FNO6/c1-33-20-12-11-17(27)14-19(20)23(29)21-22(15-7-4-3-5-8-15)28(25(31)24(21)30)18-10-6-9-16(13-18)26(32)34-2/h3-14,22,29H,1-2H3/b23-21+. The molecule has 172 valence electrons. The van der Waals surface area contributed by atoms with E-state index >= 15 is 0 Å². The number of benzene rings is 3. The Kier molecular flexibility index (Phi) is 6.14. The molecule has 1 N–H and O–H groups in total. The van der Waals surface area contributed by atoms with Gasteiger partial charge in [-0.05, 0) is 42.0 Å². The Morgan fingerprint density at radius 1 is 0.971 bits per heavy atom. The highest BCUT2D eigenvalue weighted by molar-refractivity contribution is 6.51. The van der Waals surface area contributed by atoms with Gasteiger partial charge in [0.1, 0.15) is 17.3 Å². The molecule has 1 aliphatic rings. The minimum atomic E-state index is -1.04. The fraction of sp³-hybridized carbons (Fsp3) is 0.115. The van der Waals surface area contributed by atoms with Crippen molar-refractivity contribution in [3.63, 3.8) is 0 Å². The summed E-state index contributed by atoms with van der Waals surface area (Å²) in [6, 6.07) is 17.1. The molecule has 1 fully saturated rings. The Hall–Kier alpha value is -4.46. The van der Waals surface area contributed by atoms with Gasteiger partial charge in [-0.25, -0.2) is 9.18 Å². The molecule has 0 aromatic heterocycles. The summed E-state index contributed by atoms with van der Waals surface area (Å²) < 4.78 is 24.0. The quantitative estimate of drug-likeness (QED) is 0.264. The van der Waals surface area contributed by atoms with E-state index in [-0.39, 0.29) is 28.1 Å². The number of amides is 1. The maximum absolute atomic E-state index is 14.0. The first-order chi connectivity index (χ1) is 16.4. The summed E-state index contributed by atoms with van der Waals surface area (Å²) in [5, 5.41) is 11.2. The normalized spacial score (nSPS) is 17.0. The van der Waals surface area contributed by atoms with Gasteiger partial charge in [0.15, 0.2) is 0 Å². The Labute approximate surface area is 194 Å². The number of esters is 1. The summed E-state index contributed by atoms with van der Waals surface area (Å²) in [4.78, 5) is 39.7. The first-order valence-corrected chi connectivity index (χ1v) is 10.3. The number of halogens is 1. The molecule has 34 heavy (non-hydrogen) atoms. The zero-order chi connectivity index (χ0) is 24.4. The lowest BCUT2D eigenvalue weighted by Gasteiger charge is -2.25. The maximum atomic E-state index is 14.0. The van der Waals surface area contributed by atoms with Crippen molar-refractivity contribution >= 4 is 29.1 Å². The Morgan fingerprint density at radius 2 is 1.71 bits per heavy atom. The lowest BCUT2D eigenvalue weighted by atomic mass is 9.94. The second kappa shape index (κ2) is 9.19. The first-order valence-electron chi connectivity index (χ1n) is 10.3. The average molecular weight is 461 g/mol. The van der Waals surface area contributed by atoms with E-state index in [2.05, 4.69) is 0 Å². The number of aliphatic hydroxyl groups excluding tert-OH is 1. The molecule has 1 amide bonds. The lowest BCUT2D eigenvalue weighted by molar-refractivity contribution is -0.132. The van der Waals surface area contributed by atoms with Crippen LogP contribution in [0.1, 0.15) is 27.5 Å². The van der Waals surface area contributed by atoms with Crippen molar-refractivity contribution in [3.8, 4) is 5.75 Å². The van der Waals surface area contributed by atoms with Gasteiger partial charge in [-0.1, -0.05) is 36.4 Å². The van der Waals surface area contributed by atoms with Gasteiger partial charge in [0.25, 0.3) is 11.7 Å². The number of carbonyl (C=O) groups excluding carboxylic acids is 3. The monoisotopic (exact) mass is 461 g/mol. The zero-order valence-corrected chi connectivity index (χ0v) is 18.3. The number of aliphatic hydroxyl groups is 1. The van der Waals surface area contributed by atoms with E-state index in [0.717, 1.165) is 12.1 Å². The van der Waals surface area contributed by atoms with Crippen molar-refractivity contribution in [2.45, 2.75) is 6.04 Å². The maximum Gasteiger partial charge on any atom is 0.337 e. The molecule has 1 heterocycles. The minimum Gasteiger partial charge on any atom is -0.507 e. The largest absolute Gasteiger partial charge is 0.507 e. The molecule has 1 atom stereocenters. The number of anilines is 1. The summed E-state index contributed by atoms with van der Waals surface area (Å²) in [6.07, 6.45) is 0. The zero-order valence-electron chi connectivity index (χ0n) is 18.3. The van der Waals surface area contributed by atoms with Crippen molar-refractivity contribution in [2.75, 3.05) is 19.1 Å². The van der Waals surface area contributed by atoms with Crippen LogP contribution in [0.3, 0.4) is 0 Å². The van der Waals surface area contributed by atoms with E-state index in [1.165, 1.54) is 37.3 Å². The van der Waals surface area contributed by atoms with Crippen molar-refractivity contribution in [3.05, 3.63) is 101 Å². The molecule has 3 aromatic carbocycles. The smallest absolute Gasteiger partial charge is 0.337 e. The third-order valence-electron chi connectivity index (χ3n) is 5.52. The van der Waals surface area contributed by atoms with Crippen LogP contribution in [0.15, 0.2) is 78.4 Å². The number of ketones is 1. The highest BCUT2D eigenvalue weighted by atomic mass is 19.1. The van der Waals surface area contributed by atoms with Crippen LogP contribution in [0.5, 0.6) is 5.75 Å². The van der Waals surface area contributed by atoms with Crippen LogP contribution in [-0.2, 0) is 14.3 Å². The van der Waals surface area contributed by atoms with Crippen LogP contribution in [0.4, 0.5) is 10.1 Å². The van der Waals surface area contributed by atoms with E-state index in [0.29, 0.717) is 5.56 Å². The SMILES string of the molecule is COC(=O)c1cccc(N2C(=O)C(=O)/C(=C(/O)c3cc(F)ccc3OC)C2c2ccccc2)c1. The van der Waals surface area contributed by atoms with E-state index < -0.39 is 35.3 Å². The van der Waals surface area contributed by atoms with Gasteiger partial charge in [-0.2, -0.15) is 0 Å². The highest BCUT2D eigenvalue weighted by Crippen LogP contribution is 2.43. The number of nitrogens with zero attached hydrogens (tertiary/aromatic N) is 1. The highest BCUT2D eigenvalue weighted by Gasteiger charge is 2.47. The van der Waals surface area contributed by atoms with Crippen LogP contribution in [0.2, 0.25) is 0 Å². The second-order valence-corrected chi connectivity index (χ2v) is 7.47. The van der Waals surface area contributed by atoms with Crippen molar-refractivity contribution in [2.24, 2.45) is 0 Å². The summed E-state index contributed by atoms with van der Waals surface area (Å²) in [6.45, 7) is 0. The molecule has 1 unspecified atom stereocenters. The van der Waals surface area contributed by atoms with E-state index in [4.69, 9.17) is 9.47 Å². The number of carbonyl (C=O) groups is 3. The van der Waals surface area contributed by atoms with Gasteiger partial charge in [0.2, 0.25) is 0 Å². The van der Waals surface area contributed by atoms with Crippen LogP contribution in [0, 0.1) is 5.82 Å². The van der Waals surface area contributed by atoms with Gasteiger partial charge < -0.3 is 14.6 Å². The van der Waals surface area contributed by atoms with Gasteiger partial charge >= 0.3 is 5.97 Å². The van der Waals surface area contributed by atoms with Crippen LogP contribution in [-0.4, -0.2) is 37.0 Å². The summed E-state index contributed by atoms with van der Waals surface area (Å²) >= 11 is 0. The predicted molar refractivity (Wildman–Crippen MR) is 122 cm³/mol. The van der Waals surface area contributed by atoms with E-state index in [1.54, 1.807) is 42.5 Å². The van der Waals surface area contributed by atoms with Gasteiger partial charge in [0.05, 0.1) is 37.0 Å². The van der Waals surface area contributed by atoms with Gasteiger partial charge in [-0.15, -0.1) is 0 Å². The molecule has 8 heteroatoms. The molecule has 0 aliphatic carbocycles. The molecule has 0 saturated carbocycles. The topological polar surface area (TPSA) is 93.1 Å². The van der Waals surface area contributed by atoms with Crippen molar-refractivity contribution in [1.29, 1.82) is 0 Å². The molecule has 4 rings (SSSR count). The van der Waals surface area contributed by atoms with Crippen LogP contribution in [0.25, 0.3) is 5.76 Å². The number of ether oxygens (including phenoxy) is 2. The fourth-order valence-electron chi connectivity index (χ4n) is 3.96. The molecule has 7 nitrogen and oxygen atoms in total. The van der Waals surface area contributed by atoms with Crippen molar-refractivity contribution in [1.82, 2.24) is 0 Å².